The van der Waals surface area contributed by atoms with E-state index in [1.807, 2.05) is 47.0 Å². The average Bonchev–Trinajstić information content (AvgIpc) is 3.42. The summed E-state index contributed by atoms with van der Waals surface area (Å²) < 4.78 is 57.3. The maximum atomic E-state index is 11.4. The molecule has 1 aromatic heterocycles. The summed E-state index contributed by atoms with van der Waals surface area (Å²) in [5.41, 5.74) is 4.65. The highest BCUT2D eigenvalue weighted by atomic mass is 32.2. The van der Waals surface area contributed by atoms with E-state index >= 15 is 0 Å². The number of allylic oxidation sites excluding steroid dienone is 4. The van der Waals surface area contributed by atoms with Crippen LogP contribution in [0.25, 0.3) is 17.2 Å². The van der Waals surface area contributed by atoms with Gasteiger partial charge in [-0.3, -0.25) is 4.55 Å². The molecule has 1 aliphatic heterocycles. The van der Waals surface area contributed by atoms with Crippen molar-refractivity contribution in [1.82, 2.24) is 0 Å². The Kier molecular flexibility index (Phi) is 7.89. The molecule has 41 heavy (non-hydrogen) atoms. The van der Waals surface area contributed by atoms with Crippen molar-refractivity contribution in [1.29, 1.82) is 0 Å². The summed E-state index contributed by atoms with van der Waals surface area (Å²) in [5, 5.41) is 0. The number of nitrogens with zero attached hydrogens (tertiary/aromatic N) is 2. The molecule has 10 heteroatoms. The molecule has 0 saturated heterocycles. The van der Waals surface area contributed by atoms with Gasteiger partial charge < -0.3 is 23.5 Å². The van der Waals surface area contributed by atoms with Crippen LogP contribution in [-0.4, -0.2) is 39.5 Å². The zero-order valence-electron chi connectivity index (χ0n) is 24.1. The van der Waals surface area contributed by atoms with E-state index in [9.17, 15) is 13.0 Å². The lowest BCUT2D eigenvalue weighted by molar-refractivity contribution is -0.677. The highest BCUT2D eigenvalue weighted by Crippen LogP contribution is 2.44. The number of oxazole rings is 1. The molecule has 9 nitrogen and oxygen atoms in total. The van der Waals surface area contributed by atoms with Crippen molar-refractivity contribution in [2.75, 3.05) is 31.4 Å². The van der Waals surface area contributed by atoms with E-state index < -0.39 is 10.1 Å². The predicted octanol–water partition coefficient (Wildman–Crippen LogP) is 5.91. The van der Waals surface area contributed by atoms with Gasteiger partial charge >= 0.3 is 5.89 Å². The van der Waals surface area contributed by atoms with Gasteiger partial charge in [-0.2, -0.15) is 13.0 Å². The van der Waals surface area contributed by atoms with Crippen molar-refractivity contribution < 1.29 is 36.2 Å². The minimum absolute atomic E-state index is 0.0102. The van der Waals surface area contributed by atoms with Gasteiger partial charge in [0.05, 0.1) is 37.8 Å². The molecule has 3 aromatic rings. The van der Waals surface area contributed by atoms with E-state index in [0.29, 0.717) is 23.8 Å². The van der Waals surface area contributed by atoms with Crippen molar-refractivity contribution in [3.05, 3.63) is 71.5 Å². The van der Waals surface area contributed by atoms with Crippen molar-refractivity contribution in [3.8, 4) is 17.2 Å². The number of hydrogen-bond acceptors (Lipinski definition) is 7. The quantitative estimate of drug-likeness (QED) is 0.246. The lowest BCUT2D eigenvalue weighted by Gasteiger charge is -2.30. The van der Waals surface area contributed by atoms with Gasteiger partial charge in [-0.25, -0.2) is 0 Å². The topological polar surface area (TPSA) is 102 Å². The number of benzene rings is 2. The van der Waals surface area contributed by atoms with E-state index in [0.717, 1.165) is 59.1 Å². The van der Waals surface area contributed by atoms with Crippen LogP contribution in [0, 0.1) is 5.41 Å². The maximum Gasteiger partial charge on any atom is 0.374 e. The van der Waals surface area contributed by atoms with Crippen LogP contribution < -0.4 is 23.7 Å². The molecular weight excluding hydrogens is 544 g/mol. The minimum atomic E-state index is -4.07. The lowest BCUT2D eigenvalue weighted by atomic mass is 9.75. The van der Waals surface area contributed by atoms with Crippen LogP contribution in [-0.2, 0) is 16.7 Å². The second kappa shape index (κ2) is 11.3. The Balaban J connectivity index is 1.52. The fourth-order valence-electron chi connectivity index (χ4n) is 5.60. The largest absolute Gasteiger partial charge is 0.497 e. The van der Waals surface area contributed by atoms with Gasteiger partial charge in [0.1, 0.15) is 11.5 Å². The molecule has 218 valence electrons. The lowest BCUT2D eigenvalue weighted by Crippen LogP contribution is -2.36. The van der Waals surface area contributed by atoms with E-state index in [-0.39, 0.29) is 17.6 Å². The Morgan fingerprint density at radius 3 is 2.51 bits per heavy atom. The van der Waals surface area contributed by atoms with E-state index in [1.165, 1.54) is 0 Å². The summed E-state index contributed by atoms with van der Waals surface area (Å²) in [7, 11) is -0.817. The van der Waals surface area contributed by atoms with Gasteiger partial charge in [0.25, 0.3) is 15.6 Å². The second-order valence-electron chi connectivity index (χ2n) is 11.2. The van der Waals surface area contributed by atoms with Crippen molar-refractivity contribution in [2.45, 2.75) is 46.6 Å². The summed E-state index contributed by atoms with van der Waals surface area (Å²) in [5.74, 6) is 3.29. The number of ether oxygens (including phenoxy) is 3. The van der Waals surface area contributed by atoms with Crippen LogP contribution in [0.4, 0.5) is 5.69 Å². The van der Waals surface area contributed by atoms with Gasteiger partial charge in [0.15, 0.2) is 12.3 Å². The summed E-state index contributed by atoms with van der Waals surface area (Å²) in [6.07, 6.45) is 8.25. The first kappa shape index (κ1) is 28.8. The molecule has 0 amide bonds. The third kappa shape index (κ3) is 6.44. The Bertz CT molecular complexity index is 1660. The smallest absolute Gasteiger partial charge is 0.374 e. The van der Waals surface area contributed by atoms with E-state index in [2.05, 4.69) is 37.8 Å². The molecule has 0 radical (unpaired) electrons. The fraction of sp³-hybridized carbons (Fsp3) is 0.387. The highest BCUT2D eigenvalue weighted by Gasteiger charge is 2.30. The molecule has 0 fully saturated rings. The van der Waals surface area contributed by atoms with Gasteiger partial charge in [0, 0.05) is 25.1 Å². The molecule has 0 saturated carbocycles. The minimum Gasteiger partial charge on any atom is -0.497 e. The third-order valence-corrected chi connectivity index (χ3v) is 8.13. The first-order valence-electron chi connectivity index (χ1n) is 13.7. The molecule has 0 bridgehead atoms. The summed E-state index contributed by atoms with van der Waals surface area (Å²) >= 11 is 0. The summed E-state index contributed by atoms with van der Waals surface area (Å²) in [6, 6.07) is 11.4. The molecule has 2 heterocycles. The van der Waals surface area contributed by atoms with E-state index in [1.54, 1.807) is 14.2 Å². The van der Waals surface area contributed by atoms with Gasteiger partial charge in [0.2, 0.25) is 11.5 Å². The number of aromatic nitrogens is 1. The van der Waals surface area contributed by atoms with Crippen LogP contribution in [0.5, 0.6) is 17.2 Å². The Hall–Kier alpha value is -3.76. The highest BCUT2D eigenvalue weighted by molar-refractivity contribution is 7.85. The molecule has 2 aromatic carbocycles. The zero-order valence-corrected chi connectivity index (χ0v) is 25.0. The number of aryl methyl sites for hydroxylation is 1. The number of hydrogen-bond donors (Lipinski definition) is 1. The van der Waals surface area contributed by atoms with Crippen molar-refractivity contribution in [2.24, 2.45) is 5.41 Å². The van der Waals surface area contributed by atoms with Gasteiger partial charge in [-0.1, -0.05) is 19.9 Å². The van der Waals surface area contributed by atoms with Crippen LogP contribution in [0.1, 0.15) is 45.9 Å². The Morgan fingerprint density at radius 1 is 1.07 bits per heavy atom. The fourth-order valence-corrected chi connectivity index (χ4v) is 6.10. The van der Waals surface area contributed by atoms with Crippen LogP contribution in [0.15, 0.2) is 70.0 Å². The predicted molar refractivity (Wildman–Crippen MR) is 158 cm³/mol. The number of anilines is 1. The molecule has 2 aliphatic rings. The monoisotopic (exact) mass is 581 g/mol. The molecule has 1 aliphatic carbocycles. The molecule has 5 rings (SSSR count). The zero-order chi connectivity index (χ0) is 29.4. The number of fused-ring (bicyclic) bond motifs is 2. The normalized spacial score (nSPS) is 18.5. The standard InChI is InChI=1S/C31H36N2O7S/c1-6-32-25-17-23(37-4)8-10-27(25)39-29(32)15-21-14-22(20-31(2,3)19-21)16-30-33(12-7-13-41(34,35)36)26-18-24(38-5)9-11-28(26)40-30/h8-11,14-18H,6-7,12-13,19-20H2,1-5H3/p+1. The van der Waals surface area contributed by atoms with E-state index in [4.69, 9.17) is 18.6 Å². The molecule has 1 N–H and O–H groups in total. The van der Waals surface area contributed by atoms with Gasteiger partial charge in [-0.05, 0) is 60.6 Å². The Labute approximate surface area is 241 Å². The van der Waals surface area contributed by atoms with Crippen LogP contribution in [0.3, 0.4) is 0 Å². The average molecular weight is 582 g/mol. The van der Waals surface area contributed by atoms with Crippen LogP contribution >= 0.6 is 0 Å². The molecular formula is C31H37N2O7S+. The summed E-state index contributed by atoms with van der Waals surface area (Å²) in [4.78, 5) is 2.14. The molecule has 0 spiro atoms. The van der Waals surface area contributed by atoms with Crippen molar-refractivity contribution in [3.63, 3.8) is 0 Å². The Morgan fingerprint density at radius 2 is 1.80 bits per heavy atom. The van der Waals surface area contributed by atoms with Gasteiger partial charge in [-0.15, -0.1) is 0 Å². The first-order chi connectivity index (χ1) is 19.5. The van der Waals surface area contributed by atoms with Crippen LogP contribution in [0.2, 0.25) is 0 Å². The molecule has 0 unspecified atom stereocenters. The SMILES string of the molecule is CCN1C(=CC2=CC(=Cc3oc4ccc(OC)cc4[n+]3CCCS(=O)(=O)O)CC(C)(C)C2)Oc2ccc(OC)cc21. The maximum absolute atomic E-state index is 11.4. The van der Waals surface area contributed by atoms with Crippen molar-refractivity contribution >= 4 is 33.0 Å². The first-order valence-corrected chi connectivity index (χ1v) is 15.3. The third-order valence-electron chi connectivity index (χ3n) is 7.33. The number of rotatable bonds is 9. The number of methoxy groups -OCH3 is 2. The second-order valence-corrected chi connectivity index (χ2v) is 12.8. The summed E-state index contributed by atoms with van der Waals surface area (Å²) in [6.45, 7) is 7.67. The molecule has 0 atom stereocenters.